The Hall–Kier alpha value is -1.34. The Morgan fingerprint density at radius 2 is 1.89 bits per heavy atom. The van der Waals surface area contributed by atoms with Crippen molar-refractivity contribution >= 4 is 15.1 Å². The normalized spacial score (nSPS) is 12.1. The summed E-state index contributed by atoms with van der Waals surface area (Å²) in [7, 11) is 1.08. The maximum atomic E-state index is 13.9. The fraction of sp³-hybridized carbons (Fsp3) is 0.200. The molecule has 9 heteroatoms. The topological polar surface area (TPSA) is 116 Å². The van der Waals surface area contributed by atoms with Crippen LogP contribution in [0.3, 0.4) is 0 Å². The molecule has 0 saturated heterocycles. The summed E-state index contributed by atoms with van der Waals surface area (Å²) in [5.41, 5.74) is 9.08. The number of benzene rings is 1. The van der Waals surface area contributed by atoms with E-state index in [0.717, 1.165) is 31.8 Å². The van der Waals surface area contributed by atoms with Gasteiger partial charge in [-0.25, -0.2) is 0 Å². The van der Waals surface area contributed by atoms with Crippen LogP contribution in [0.2, 0.25) is 0 Å². The minimum absolute atomic E-state index is 0.0550. The molecule has 104 valence electrons. The molecule has 1 unspecified atom stereocenters. The summed E-state index contributed by atoms with van der Waals surface area (Å²) in [6.07, 6.45) is 0. The summed E-state index contributed by atoms with van der Waals surface area (Å²) in [6.45, 7) is 0. The van der Waals surface area contributed by atoms with Gasteiger partial charge in [-0.15, -0.1) is 0 Å². The molecule has 0 aliphatic rings. The van der Waals surface area contributed by atoms with Crippen molar-refractivity contribution in [2.45, 2.75) is 6.04 Å². The Balaban J connectivity index is 3.80. The third-order valence-electron chi connectivity index (χ3n) is 2.34. The minimum atomic E-state index is -1.91. The average molecular weight is 469 g/mol. The quantitative estimate of drug-likeness (QED) is 0.542. The second-order valence-corrected chi connectivity index (χ2v) is 4.91. The van der Waals surface area contributed by atoms with Crippen LogP contribution in [0.4, 0.5) is 8.78 Å². The zero-order valence-electron chi connectivity index (χ0n) is 9.54. The van der Waals surface area contributed by atoms with Crippen LogP contribution in [0.1, 0.15) is 22.0 Å². The molecule has 5 N–H and O–H groups in total. The van der Waals surface area contributed by atoms with E-state index in [0.29, 0.717) is 0 Å². The predicted octanol–water partition coefficient (Wildman–Crippen LogP) is -0.669. The van der Waals surface area contributed by atoms with E-state index in [1.54, 1.807) is 0 Å². The van der Waals surface area contributed by atoms with E-state index < -0.39 is 46.4 Å². The molecule has 1 amide bonds. The molecule has 1 rings (SSSR count). The number of ether oxygens (including phenoxy) is 1. The summed E-state index contributed by atoms with van der Waals surface area (Å²) in [5.74, 6) is -6.18. The number of carboxylic acids is 1. The Morgan fingerprint density at radius 1 is 1.37 bits per heavy atom. The van der Waals surface area contributed by atoms with Crippen LogP contribution in [0.25, 0.3) is 0 Å². The Kier molecular flexibility index (Phi) is 4.76. The van der Waals surface area contributed by atoms with Crippen LogP contribution in [-0.4, -0.2) is 24.1 Å². The van der Waals surface area contributed by atoms with Crippen molar-refractivity contribution in [1.82, 2.24) is 0 Å². The molecule has 1 aromatic carbocycles. The van der Waals surface area contributed by atoms with Gasteiger partial charge >= 0.3 is 121 Å². The van der Waals surface area contributed by atoms with Crippen LogP contribution in [0.15, 0.2) is 0 Å². The number of primary amides is 1. The van der Waals surface area contributed by atoms with Gasteiger partial charge in [0.15, 0.2) is 0 Å². The standard InChI is InChI=1S/C10H9AtF2N2O4/c1-19-8-4(11)2(9(15)16)3(5(12)6(8)13)7(14)10(17)18/h7H,14H2,1H3,(H2,15,16)(H,17,18). The first kappa shape index (κ1) is 15.7. The van der Waals surface area contributed by atoms with Crippen LogP contribution in [0.5, 0.6) is 5.75 Å². The monoisotopic (exact) mass is 469 g/mol. The van der Waals surface area contributed by atoms with Gasteiger partial charge in [0.25, 0.3) is 0 Å². The summed E-state index contributed by atoms with van der Waals surface area (Å²) < 4.78 is 32.2. The van der Waals surface area contributed by atoms with Gasteiger partial charge in [-0.1, -0.05) is 0 Å². The Labute approximate surface area is 121 Å². The maximum absolute atomic E-state index is 13.9. The summed E-state index contributed by atoms with van der Waals surface area (Å²) in [6, 6.07) is -1.91. The molecule has 0 spiro atoms. The number of hydrogen-bond donors (Lipinski definition) is 3. The Morgan fingerprint density at radius 3 is 2.26 bits per heavy atom. The van der Waals surface area contributed by atoms with E-state index in [-0.39, 0.29) is 3.27 Å². The number of rotatable bonds is 4. The molecule has 0 radical (unpaired) electrons. The van der Waals surface area contributed by atoms with Crippen molar-refractivity contribution < 1.29 is 52.9 Å². The molecule has 0 aromatic heterocycles. The molecular weight excluding hydrogens is 460 g/mol. The molecule has 0 bridgehead atoms. The first-order chi connectivity index (χ1) is 8.73. The van der Waals surface area contributed by atoms with Crippen LogP contribution in [0, 0.1) is 36.4 Å². The third kappa shape index (κ3) is 2.67. The van der Waals surface area contributed by atoms with Crippen molar-refractivity contribution in [1.29, 1.82) is 0 Å². The summed E-state index contributed by atoms with van der Waals surface area (Å²) in [5, 5.41) is 8.78. The van der Waals surface area contributed by atoms with Gasteiger partial charge in [0.1, 0.15) is 0 Å². The van der Waals surface area contributed by atoms with Gasteiger partial charge in [0.2, 0.25) is 0 Å². The summed E-state index contributed by atoms with van der Waals surface area (Å²) >= 11 is 0.786. The molecule has 0 heterocycles. The van der Waals surface area contributed by atoms with E-state index in [9.17, 15) is 18.4 Å². The second kappa shape index (κ2) is 5.75. The van der Waals surface area contributed by atoms with Gasteiger partial charge in [-0.3, -0.25) is 0 Å². The van der Waals surface area contributed by atoms with Gasteiger partial charge in [-0.05, 0) is 0 Å². The van der Waals surface area contributed by atoms with Crippen molar-refractivity contribution in [2.75, 3.05) is 7.11 Å². The van der Waals surface area contributed by atoms with Crippen molar-refractivity contribution in [3.63, 3.8) is 0 Å². The zero-order chi connectivity index (χ0) is 14.9. The van der Waals surface area contributed by atoms with Gasteiger partial charge in [-0.2, -0.15) is 0 Å². The van der Waals surface area contributed by atoms with E-state index in [1.165, 1.54) is 0 Å². The predicted molar refractivity (Wildman–Crippen MR) is 55.6 cm³/mol. The first-order valence-corrected chi connectivity index (χ1v) is 6.23. The molecule has 0 fully saturated rings. The van der Waals surface area contributed by atoms with Crippen molar-refractivity contribution in [3.05, 3.63) is 22.8 Å². The van der Waals surface area contributed by atoms with E-state index >= 15 is 0 Å². The molecule has 1 aromatic rings. The second-order valence-electron chi connectivity index (χ2n) is 3.44. The number of amides is 1. The van der Waals surface area contributed by atoms with Crippen molar-refractivity contribution in [2.24, 2.45) is 11.5 Å². The van der Waals surface area contributed by atoms with E-state index in [2.05, 4.69) is 4.74 Å². The Bertz CT molecular complexity index is 565. The SMILES string of the molecule is COc1c(F)c(F)c(C(N)C(=O)O)c(C(N)=O)c1[At]. The van der Waals surface area contributed by atoms with E-state index in [4.69, 9.17) is 16.6 Å². The van der Waals surface area contributed by atoms with Gasteiger partial charge < -0.3 is 0 Å². The number of aliphatic carboxylic acids is 1. The van der Waals surface area contributed by atoms with E-state index in [1.807, 2.05) is 0 Å². The third-order valence-corrected chi connectivity index (χ3v) is 3.75. The fourth-order valence-electron chi connectivity index (χ4n) is 1.49. The first-order valence-electron chi connectivity index (χ1n) is 4.76. The molecule has 0 aliphatic carbocycles. The summed E-state index contributed by atoms with van der Waals surface area (Å²) in [4.78, 5) is 22.2. The molecule has 6 nitrogen and oxygen atoms in total. The van der Waals surface area contributed by atoms with Crippen LogP contribution < -0.4 is 19.5 Å². The molecule has 1 atom stereocenters. The van der Waals surface area contributed by atoms with Gasteiger partial charge in [0.05, 0.1) is 0 Å². The molecule has 0 saturated carbocycles. The number of nitrogens with two attached hydrogens (primary N) is 2. The molecule has 19 heavy (non-hydrogen) atoms. The molecular formula is C10H9AtF2N2O4. The number of carboxylic acid groups (broad SMARTS) is 1. The van der Waals surface area contributed by atoms with Crippen LogP contribution in [-0.2, 0) is 4.79 Å². The number of halogens is 2. The number of methoxy groups -OCH3 is 1. The number of hydrogen-bond acceptors (Lipinski definition) is 4. The number of carbonyl (C=O) groups excluding carboxylic acids is 1. The fourth-order valence-corrected chi connectivity index (χ4v) is 2.87. The molecule has 0 aliphatic heterocycles. The zero-order valence-corrected chi connectivity index (χ0v) is 12.5. The van der Waals surface area contributed by atoms with Crippen LogP contribution >= 0.6 is 0 Å². The number of carbonyl (C=O) groups is 2. The van der Waals surface area contributed by atoms with Gasteiger partial charge in [0, 0.05) is 0 Å². The average Bonchev–Trinajstić information content (AvgIpc) is 2.32. The van der Waals surface area contributed by atoms with Crippen molar-refractivity contribution in [3.8, 4) is 5.75 Å².